The Bertz CT molecular complexity index is 873. The maximum atomic E-state index is 8.68. The Hall–Kier alpha value is -3.07. The number of nitriles is 1. The Kier molecular flexibility index (Phi) is 4.34. The van der Waals surface area contributed by atoms with Gasteiger partial charge < -0.3 is 14.8 Å². The summed E-state index contributed by atoms with van der Waals surface area (Å²) in [7, 11) is 5.91. The van der Waals surface area contributed by atoms with Crippen LogP contribution in [0.5, 0.6) is 0 Å². The fourth-order valence-electron chi connectivity index (χ4n) is 2.49. The maximum Gasteiger partial charge on any atom is 0.180 e. The van der Waals surface area contributed by atoms with Crippen molar-refractivity contribution in [3.8, 4) is 17.5 Å². The van der Waals surface area contributed by atoms with Crippen molar-refractivity contribution in [1.82, 2.24) is 15.0 Å². The Morgan fingerprint density at radius 2 is 1.79 bits per heavy atom. The number of benzene rings is 1. The van der Waals surface area contributed by atoms with Gasteiger partial charge in [0.25, 0.3) is 0 Å². The lowest BCUT2D eigenvalue weighted by molar-refractivity contribution is 0.905. The van der Waals surface area contributed by atoms with Crippen molar-refractivity contribution < 1.29 is 0 Å². The molecule has 24 heavy (non-hydrogen) atoms. The van der Waals surface area contributed by atoms with Gasteiger partial charge in [-0.05, 0) is 36.4 Å². The molecule has 0 saturated carbocycles. The lowest BCUT2D eigenvalue weighted by atomic mass is 10.2. The molecule has 3 rings (SSSR count). The van der Waals surface area contributed by atoms with Crippen molar-refractivity contribution in [1.29, 1.82) is 5.26 Å². The van der Waals surface area contributed by atoms with Crippen LogP contribution < -0.4 is 9.80 Å². The van der Waals surface area contributed by atoms with Crippen LogP contribution in [0.25, 0.3) is 22.6 Å². The van der Waals surface area contributed by atoms with Crippen LogP contribution in [0.3, 0.4) is 0 Å². The highest BCUT2D eigenvalue weighted by atomic mass is 15.1. The minimum Gasteiger partial charge on any atom is -0.374 e. The molecule has 3 aromatic rings. The van der Waals surface area contributed by atoms with Crippen molar-refractivity contribution in [2.45, 2.75) is 6.42 Å². The molecule has 0 atom stereocenters. The Morgan fingerprint density at radius 1 is 1.04 bits per heavy atom. The van der Waals surface area contributed by atoms with Crippen molar-refractivity contribution >= 4 is 22.7 Å². The average Bonchev–Trinajstić information content (AvgIpc) is 3.02. The van der Waals surface area contributed by atoms with E-state index in [9.17, 15) is 0 Å². The van der Waals surface area contributed by atoms with Crippen LogP contribution in [-0.2, 0) is 0 Å². The highest BCUT2D eigenvalue weighted by molar-refractivity contribution is 5.78. The minimum atomic E-state index is 0.516. The number of anilines is 2. The number of hydrogen-bond acceptors (Lipinski definition) is 5. The van der Waals surface area contributed by atoms with Gasteiger partial charge in [-0.3, -0.25) is 0 Å². The monoisotopic (exact) mass is 320 g/mol. The Balaban J connectivity index is 1.86. The SMILES string of the molecule is CN(C)c1ccc2[nH]c(-c3ccc(N(C)CCC#N)cc3)nc2n1. The molecule has 0 aliphatic carbocycles. The molecule has 1 N–H and O–H groups in total. The van der Waals surface area contributed by atoms with E-state index in [2.05, 4.69) is 25.9 Å². The van der Waals surface area contributed by atoms with Gasteiger partial charge in [0, 0.05) is 38.9 Å². The third-order valence-corrected chi connectivity index (χ3v) is 3.93. The van der Waals surface area contributed by atoms with Crippen LogP contribution in [0.1, 0.15) is 6.42 Å². The molecule has 0 amide bonds. The number of hydrogen-bond donors (Lipinski definition) is 1. The van der Waals surface area contributed by atoms with Crippen molar-refractivity contribution in [2.75, 3.05) is 37.5 Å². The van der Waals surface area contributed by atoms with Crippen molar-refractivity contribution in [3.05, 3.63) is 36.4 Å². The van der Waals surface area contributed by atoms with E-state index >= 15 is 0 Å². The largest absolute Gasteiger partial charge is 0.374 e. The van der Waals surface area contributed by atoms with Crippen LogP contribution in [0.2, 0.25) is 0 Å². The molecule has 122 valence electrons. The van der Waals surface area contributed by atoms with Gasteiger partial charge in [-0.2, -0.15) is 5.26 Å². The number of nitrogens with one attached hydrogen (secondary N) is 1. The van der Waals surface area contributed by atoms with Crippen LogP contribution in [0.4, 0.5) is 11.5 Å². The molecule has 2 heterocycles. The van der Waals surface area contributed by atoms with E-state index in [1.165, 1.54) is 0 Å². The molecule has 0 radical (unpaired) electrons. The third-order valence-electron chi connectivity index (χ3n) is 3.93. The first-order valence-corrected chi connectivity index (χ1v) is 7.81. The number of pyridine rings is 1. The molecule has 6 heteroatoms. The summed E-state index contributed by atoms with van der Waals surface area (Å²) in [5.41, 5.74) is 3.73. The number of rotatable bonds is 5. The Morgan fingerprint density at radius 3 is 2.46 bits per heavy atom. The normalized spacial score (nSPS) is 10.6. The molecule has 0 bridgehead atoms. The highest BCUT2D eigenvalue weighted by Gasteiger charge is 2.09. The predicted molar refractivity (Wildman–Crippen MR) is 97.2 cm³/mol. The smallest absolute Gasteiger partial charge is 0.180 e. The van der Waals surface area contributed by atoms with E-state index in [1.807, 2.05) is 62.4 Å². The van der Waals surface area contributed by atoms with Crippen LogP contribution >= 0.6 is 0 Å². The summed E-state index contributed by atoms with van der Waals surface area (Å²) in [6.45, 7) is 0.720. The van der Waals surface area contributed by atoms with E-state index in [-0.39, 0.29) is 0 Å². The number of nitrogens with zero attached hydrogens (tertiary/aromatic N) is 5. The molecule has 0 spiro atoms. The minimum absolute atomic E-state index is 0.516. The second-order valence-corrected chi connectivity index (χ2v) is 5.90. The van der Waals surface area contributed by atoms with E-state index in [4.69, 9.17) is 5.26 Å². The number of imidazole rings is 1. The van der Waals surface area contributed by atoms with Crippen LogP contribution in [-0.4, -0.2) is 42.6 Å². The summed E-state index contributed by atoms with van der Waals surface area (Å²) in [6, 6.07) is 14.3. The Labute approximate surface area is 141 Å². The summed E-state index contributed by atoms with van der Waals surface area (Å²) in [5, 5.41) is 8.68. The predicted octanol–water partition coefficient (Wildman–Crippen LogP) is 3.04. The standard InChI is InChI=1S/C18H20N6/c1-23(2)16-10-9-15-18(21-16)22-17(20-15)13-5-7-14(8-6-13)24(3)12-4-11-19/h5-10H,4,12H2,1-3H3,(H,20,21,22). The van der Waals surface area contributed by atoms with Gasteiger partial charge in [-0.1, -0.05) is 0 Å². The summed E-state index contributed by atoms with van der Waals surface area (Å²) in [5.74, 6) is 1.69. The van der Waals surface area contributed by atoms with Gasteiger partial charge in [-0.25, -0.2) is 9.97 Å². The second-order valence-electron chi connectivity index (χ2n) is 5.90. The third kappa shape index (κ3) is 3.15. The van der Waals surface area contributed by atoms with Gasteiger partial charge >= 0.3 is 0 Å². The molecule has 6 nitrogen and oxygen atoms in total. The zero-order chi connectivity index (χ0) is 17.1. The second kappa shape index (κ2) is 6.59. The summed E-state index contributed by atoms with van der Waals surface area (Å²) in [4.78, 5) is 16.5. The van der Waals surface area contributed by atoms with Gasteiger partial charge in [0.1, 0.15) is 11.6 Å². The molecular weight excluding hydrogens is 300 g/mol. The summed E-state index contributed by atoms with van der Waals surface area (Å²) in [6.07, 6.45) is 0.516. The number of H-pyrrole nitrogens is 1. The molecule has 0 aliphatic rings. The molecule has 0 aliphatic heterocycles. The number of aromatic nitrogens is 3. The highest BCUT2D eigenvalue weighted by Crippen LogP contribution is 2.23. The lowest BCUT2D eigenvalue weighted by Crippen LogP contribution is -2.17. The quantitative estimate of drug-likeness (QED) is 0.782. The first kappa shape index (κ1) is 15.8. The molecule has 0 saturated heterocycles. The molecule has 0 unspecified atom stereocenters. The summed E-state index contributed by atoms with van der Waals surface area (Å²) < 4.78 is 0. The van der Waals surface area contributed by atoms with E-state index < -0.39 is 0 Å². The lowest BCUT2D eigenvalue weighted by Gasteiger charge is -2.17. The van der Waals surface area contributed by atoms with Gasteiger partial charge in [0.15, 0.2) is 5.65 Å². The first-order chi connectivity index (χ1) is 11.6. The zero-order valence-corrected chi connectivity index (χ0v) is 14.1. The molecule has 1 aromatic carbocycles. The van der Waals surface area contributed by atoms with Crippen LogP contribution in [0.15, 0.2) is 36.4 Å². The fourth-order valence-corrected chi connectivity index (χ4v) is 2.49. The molecule has 0 fully saturated rings. The van der Waals surface area contributed by atoms with Gasteiger partial charge in [0.05, 0.1) is 18.0 Å². The van der Waals surface area contributed by atoms with E-state index in [0.29, 0.717) is 12.1 Å². The van der Waals surface area contributed by atoms with E-state index in [1.54, 1.807) is 0 Å². The average molecular weight is 320 g/mol. The van der Waals surface area contributed by atoms with E-state index in [0.717, 1.165) is 35.0 Å². The fraction of sp³-hybridized carbons (Fsp3) is 0.278. The topological polar surface area (TPSA) is 71.8 Å². The molecular formula is C18H20N6. The zero-order valence-electron chi connectivity index (χ0n) is 14.1. The van der Waals surface area contributed by atoms with Crippen molar-refractivity contribution in [3.63, 3.8) is 0 Å². The number of aromatic amines is 1. The van der Waals surface area contributed by atoms with Gasteiger partial charge in [-0.15, -0.1) is 0 Å². The first-order valence-electron chi connectivity index (χ1n) is 7.81. The number of fused-ring (bicyclic) bond motifs is 1. The van der Waals surface area contributed by atoms with Crippen molar-refractivity contribution in [2.24, 2.45) is 0 Å². The maximum absolute atomic E-state index is 8.68. The van der Waals surface area contributed by atoms with Gasteiger partial charge in [0.2, 0.25) is 0 Å². The van der Waals surface area contributed by atoms with Crippen LogP contribution in [0, 0.1) is 11.3 Å². The summed E-state index contributed by atoms with van der Waals surface area (Å²) >= 11 is 0. The molecule has 2 aromatic heterocycles.